The van der Waals surface area contributed by atoms with Crippen LogP contribution >= 0.6 is 0 Å². The highest BCUT2D eigenvalue weighted by atomic mass is 19.1. The monoisotopic (exact) mass is 281 g/mol. The Bertz CT molecular complexity index is 517. The Balaban J connectivity index is 2.95. The molecule has 3 N–H and O–H groups in total. The molecule has 1 unspecified atom stereocenters. The lowest BCUT2D eigenvalue weighted by atomic mass is 10.1. The van der Waals surface area contributed by atoms with Gasteiger partial charge in [0.15, 0.2) is 0 Å². The van der Waals surface area contributed by atoms with E-state index >= 15 is 0 Å². The van der Waals surface area contributed by atoms with Gasteiger partial charge in [0.05, 0.1) is 5.56 Å². The second kappa shape index (κ2) is 6.88. The minimum atomic E-state index is -0.546. The average Bonchev–Trinajstić information content (AvgIpc) is 2.45. The van der Waals surface area contributed by atoms with E-state index in [0.29, 0.717) is 6.54 Å². The third kappa shape index (κ3) is 3.69. The molecule has 0 radical (unpaired) electrons. The summed E-state index contributed by atoms with van der Waals surface area (Å²) in [5.74, 6) is -1.21. The van der Waals surface area contributed by atoms with Gasteiger partial charge in [-0.15, -0.1) is 0 Å². The number of hydrogen-bond acceptors (Lipinski definition) is 3. The normalized spacial score (nSPS) is 13.1. The molecule has 1 aromatic carbocycles. The van der Waals surface area contributed by atoms with Gasteiger partial charge in [0.1, 0.15) is 11.7 Å². The van der Waals surface area contributed by atoms with E-state index in [9.17, 15) is 9.18 Å². The standard InChI is InChI=1S/C14H20FN3O2/c1-4-18(8-10(3)13(16)17-20)14(19)11-7-9(2)5-6-12(11)15/h5-7,10,20H,4,8H2,1-3H3,(H2,16,17). The Morgan fingerprint density at radius 3 is 2.75 bits per heavy atom. The fourth-order valence-electron chi connectivity index (χ4n) is 1.85. The minimum absolute atomic E-state index is 0.0403. The van der Waals surface area contributed by atoms with E-state index in [0.717, 1.165) is 5.56 Å². The highest BCUT2D eigenvalue weighted by Crippen LogP contribution is 2.14. The number of carbonyl (C=O) groups is 1. The summed E-state index contributed by atoms with van der Waals surface area (Å²) in [6.45, 7) is 6.00. The fourth-order valence-corrected chi connectivity index (χ4v) is 1.85. The van der Waals surface area contributed by atoms with E-state index < -0.39 is 11.7 Å². The van der Waals surface area contributed by atoms with Crippen LogP contribution < -0.4 is 5.73 Å². The van der Waals surface area contributed by atoms with Crippen LogP contribution in [0.5, 0.6) is 0 Å². The van der Waals surface area contributed by atoms with Crippen LogP contribution in [0.4, 0.5) is 4.39 Å². The molecular formula is C14H20FN3O2. The third-order valence-corrected chi connectivity index (χ3v) is 3.14. The zero-order valence-corrected chi connectivity index (χ0v) is 11.9. The molecule has 5 nitrogen and oxygen atoms in total. The van der Waals surface area contributed by atoms with Crippen LogP contribution in [-0.4, -0.2) is 34.9 Å². The number of carbonyl (C=O) groups excluding carboxylic acids is 1. The topological polar surface area (TPSA) is 78.9 Å². The van der Waals surface area contributed by atoms with Crippen molar-refractivity contribution < 1.29 is 14.4 Å². The van der Waals surface area contributed by atoms with Crippen molar-refractivity contribution in [3.63, 3.8) is 0 Å². The molecule has 0 aliphatic carbocycles. The van der Waals surface area contributed by atoms with Crippen molar-refractivity contribution in [1.82, 2.24) is 4.90 Å². The molecule has 1 amide bonds. The molecule has 0 aliphatic heterocycles. The maximum Gasteiger partial charge on any atom is 0.256 e. The van der Waals surface area contributed by atoms with Gasteiger partial charge in [0.2, 0.25) is 0 Å². The van der Waals surface area contributed by atoms with Crippen molar-refractivity contribution >= 4 is 11.7 Å². The number of oxime groups is 1. The molecule has 6 heteroatoms. The van der Waals surface area contributed by atoms with Crippen LogP contribution in [0.2, 0.25) is 0 Å². The minimum Gasteiger partial charge on any atom is -0.409 e. The molecule has 0 bridgehead atoms. The number of hydrogen-bond donors (Lipinski definition) is 2. The summed E-state index contributed by atoms with van der Waals surface area (Å²) in [6, 6.07) is 4.42. The number of halogens is 1. The van der Waals surface area contributed by atoms with Gasteiger partial charge >= 0.3 is 0 Å². The van der Waals surface area contributed by atoms with Crippen molar-refractivity contribution in [2.75, 3.05) is 13.1 Å². The molecule has 1 atom stereocenters. The predicted molar refractivity (Wildman–Crippen MR) is 75.3 cm³/mol. The number of benzene rings is 1. The number of amidine groups is 1. The molecule has 1 aromatic rings. The SMILES string of the molecule is CCN(CC(C)C(N)=NO)C(=O)c1cc(C)ccc1F. The molecule has 0 aromatic heterocycles. The summed E-state index contributed by atoms with van der Waals surface area (Å²) in [6.07, 6.45) is 0. The Labute approximate surface area is 117 Å². The van der Waals surface area contributed by atoms with Gasteiger partial charge in [0, 0.05) is 19.0 Å². The summed E-state index contributed by atoms with van der Waals surface area (Å²) in [7, 11) is 0. The van der Waals surface area contributed by atoms with Crippen LogP contribution in [0.15, 0.2) is 23.4 Å². The van der Waals surface area contributed by atoms with E-state index in [-0.39, 0.29) is 23.9 Å². The first-order valence-electron chi connectivity index (χ1n) is 6.43. The van der Waals surface area contributed by atoms with Crippen LogP contribution in [0.3, 0.4) is 0 Å². The molecule has 1 rings (SSSR count). The molecule has 0 spiro atoms. The molecule has 20 heavy (non-hydrogen) atoms. The summed E-state index contributed by atoms with van der Waals surface area (Å²) >= 11 is 0. The quantitative estimate of drug-likeness (QED) is 0.375. The van der Waals surface area contributed by atoms with Gasteiger partial charge in [-0.3, -0.25) is 4.79 Å². The van der Waals surface area contributed by atoms with Gasteiger partial charge < -0.3 is 15.8 Å². The second-order valence-electron chi connectivity index (χ2n) is 4.75. The zero-order chi connectivity index (χ0) is 15.3. The summed E-state index contributed by atoms with van der Waals surface area (Å²) in [5.41, 5.74) is 6.36. The highest BCUT2D eigenvalue weighted by Gasteiger charge is 2.21. The molecule has 110 valence electrons. The molecule has 0 saturated heterocycles. The molecule has 0 aliphatic rings. The first-order valence-corrected chi connectivity index (χ1v) is 6.43. The lowest BCUT2D eigenvalue weighted by Crippen LogP contribution is -2.39. The van der Waals surface area contributed by atoms with Crippen molar-refractivity contribution in [1.29, 1.82) is 0 Å². The van der Waals surface area contributed by atoms with Crippen LogP contribution in [0.1, 0.15) is 29.8 Å². The number of aryl methyl sites for hydroxylation is 1. The molecule has 0 heterocycles. The summed E-state index contributed by atoms with van der Waals surface area (Å²) in [4.78, 5) is 13.8. The number of amides is 1. The summed E-state index contributed by atoms with van der Waals surface area (Å²) in [5, 5.41) is 11.5. The smallest absolute Gasteiger partial charge is 0.256 e. The molecule has 0 saturated carbocycles. The third-order valence-electron chi connectivity index (χ3n) is 3.14. The summed E-state index contributed by atoms with van der Waals surface area (Å²) < 4.78 is 13.7. The van der Waals surface area contributed by atoms with Crippen LogP contribution in [0, 0.1) is 18.7 Å². The van der Waals surface area contributed by atoms with Crippen molar-refractivity contribution in [3.8, 4) is 0 Å². The van der Waals surface area contributed by atoms with Crippen LogP contribution in [-0.2, 0) is 0 Å². The largest absolute Gasteiger partial charge is 0.409 e. The van der Waals surface area contributed by atoms with Gasteiger partial charge in [-0.1, -0.05) is 23.7 Å². The number of rotatable bonds is 5. The fraction of sp³-hybridized carbons (Fsp3) is 0.429. The van der Waals surface area contributed by atoms with Gasteiger partial charge in [0.25, 0.3) is 5.91 Å². The van der Waals surface area contributed by atoms with E-state index in [2.05, 4.69) is 5.16 Å². The number of nitrogens with two attached hydrogens (primary N) is 1. The maximum absolute atomic E-state index is 13.7. The maximum atomic E-state index is 13.7. The lowest BCUT2D eigenvalue weighted by Gasteiger charge is -2.24. The van der Waals surface area contributed by atoms with E-state index in [4.69, 9.17) is 10.9 Å². The van der Waals surface area contributed by atoms with Gasteiger partial charge in [-0.05, 0) is 26.0 Å². The molecule has 0 fully saturated rings. The number of nitrogens with zero attached hydrogens (tertiary/aromatic N) is 2. The Hall–Kier alpha value is -2.11. The first-order chi connectivity index (χ1) is 9.40. The van der Waals surface area contributed by atoms with Crippen molar-refractivity contribution in [2.24, 2.45) is 16.8 Å². The highest BCUT2D eigenvalue weighted by molar-refractivity contribution is 5.95. The van der Waals surface area contributed by atoms with Gasteiger partial charge in [-0.25, -0.2) is 4.39 Å². The zero-order valence-electron chi connectivity index (χ0n) is 11.9. The predicted octanol–water partition coefficient (Wildman–Crippen LogP) is 1.98. The van der Waals surface area contributed by atoms with Crippen molar-refractivity contribution in [2.45, 2.75) is 20.8 Å². The Morgan fingerprint density at radius 2 is 2.20 bits per heavy atom. The van der Waals surface area contributed by atoms with Crippen LogP contribution in [0.25, 0.3) is 0 Å². The lowest BCUT2D eigenvalue weighted by molar-refractivity contribution is 0.0749. The molecular weight excluding hydrogens is 261 g/mol. The second-order valence-corrected chi connectivity index (χ2v) is 4.75. The van der Waals surface area contributed by atoms with Gasteiger partial charge in [-0.2, -0.15) is 0 Å². The van der Waals surface area contributed by atoms with E-state index in [1.54, 1.807) is 26.8 Å². The van der Waals surface area contributed by atoms with E-state index in [1.807, 2.05) is 0 Å². The van der Waals surface area contributed by atoms with E-state index in [1.165, 1.54) is 17.0 Å². The van der Waals surface area contributed by atoms with Crippen molar-refractivity contribution in [3.05, 3.63) is 35.1 Å². The average molecular weight is 281 g/mol. The Kier molecular flexibility index (Phi) is 5.49. The Morgan fingerprint density at radius 1 is 1.55 bits per heavy atom. The first kappa shape index (κ1) is 15.9.